The molecule has 1 aliphatic heterocycles. The van der Waals surface area contributed by atoms with Crippen molar-refractivity contribution >= 4 is 32.6 Å². The molecule has 0 bridgehead atoms. The molecule has 0 radical (unpaired) electrons. The van der Waals surface area contributed by atoms with E-state index >= 15 is 0 Å². The van der Waals surface area contributed by atoms with Gasteiger partial charge in [0.25, 0.3) is 0 Å². The van der Waals surface area contributed by atoms with Crippen molar-refractivity contribution in [2.45, 2.75) is 13.8 Å². The summed E-state index contributed by atoms with van der Waals surface area (Å²) in [7, 11) is 0. The molecule has 1 aromatic carbocycles. The summed E-state index contributed by atoms with van der Waals surface area (Å²) in [5.41, 5.74) is 0.442. The van der Waals surface area contributed by atoms with Gasteiger partial charge in [-0.2, -0.15) is 0 Å². The monoisotopic (exact) mass is 292 g/mol. The Morgan fingerprint density at radius 2 is 2.35 bits per heavy atom. The minimum atomic E-state index is -0.422. The number of benzene rings is 1. The first-order chi connectivity index (χ1) is 9.60. The maximum absolute atomic E-state index is 12.1. The van der Waals surface area contributed by atoms with Crippen LogP contribution in [0.1, 0.15) is 13.8 Å². The molecule has 0 unspecified atom stereocenters. The van der Waals surface area contributed by atoms with Crippen molar-refractivity contribution in [3.63, 3.8) is 0 Å². The molecule has 1 amide bonds. The summed E-state index contributed by atoms with van der Waals surface area (Å²) in [5, 5.41) is 3.49. The number of aromatic nitrogens is 1. The molecule has 1 aliphatic rings. The Bertz CT molecular complexity index is 649. The van der Waals surface area contributed by atoms with E-state index < -0.39 is 5.41 Å². The van der Waals surface area contributed by atoms with Crippen molar-refractivity contribution in [2.24, 2.45) is 5.41 Å². The second-order valence-electron chi connectivity index (χ2n) is 5.09. The highest BCUT2D eigenvalue weighted by molar-refractivity contribution is 7.22. The summed E-state index contributed by atoms with van der Waals surface area (Å²) in [6, 6.07) is 5.74. The van der Waals surface area contributed by atoms with E-state index in [1.54, 1.807) is 0 Å². The molecule has 0 aliphatic carbocycles. The third kappa shape index (κ3) is 2.36. The van der Waals surface area contributed by atoms with Crippen molar-refractivity contribution in [3.8, 4) is 5.75 Å². The van der Waals surface area contributed by atoms with Crippen LogP contribution in [0.3, 0.4) is 0 Å². The van der Waals surface area contributed by atoms with Gasteiger partial charge in [-0.05, 0) is 32.0 Å². The summed E-state index contributed by atoms with van der Waals surface area (Å²) in [5.74, 6) is 0.786. The Morgan fingerprint density at radius 1 is 1.55 bits per heavy atom. The molecular weight excluding hydrogens is 276 g/mol. The first-order valence-electron chi connectivity index (χ1n) is 6.53. The van der Waals surface area contributed by atoms with Crippen molar-refractivity contribution in [2.75, 3.05) is 25.1 Å². The number of ether oxygens (including phenoxy) is 2. The van der Waals surface area contributed by atoms with Gasteiger partial charge in [-0.1, -0.05) is 11.3 Å². The van der Waals surface area contributed by atoms with Gasteiger partial charge in [-0.3, -0.25) is 4.79 Å². The SMILES string of the molecule is CCOc1ccc2nc(NC(=O)C3(C)COC3)sc2c1. The highest BCUT2D eigenvalue weighted by atomic mass is 32.1. The molecule has 1 N–H and O–H groups in total. The van der Waals surface area contributed by atoms with Gasteiger partial charge in [-0.25, -0.2) is 4.98 Å². The number of fused-ring (bicyclic) bond motifs is 1. The number of carbonyl (C=O) groups excluding carboxylic acids is 1. The van der Waals surface area contributed by atoms with Crippen LogP contribution in [0.2, 0.25) is 0 Å². The van der Waals surface area contributed by atoms with Gasteiger partial charge in [0.1, 0.15) is 5.75 Å². The molecule has 106 valence electrons. The van der Waals surface area contributed by atoms with Gasteiger partial charge in [0.2, 0.25) is 5.91 Å². The summed E-state index contributed by atoms with van der Waals surface area (Å²) < 4.78 is 11.6. The number of nitrogens with one attached hydrogen (secondary N) is 1. The second kappa shape index (κ2) is 5.03. The van der Waals surface area contributed by atoms with Gasteiger partial charge in [-0.15, -0.1) is 0 Å². The van der Waals surface area contributed by atoms with Gasteiger partial charge < -0.3 is 14.8 Å². The van der Waals surface area contributed by atoms with Crippen LogP contribution in [0.25, 0.3) is 10.2 Å². The average molecular weight is 292 g/mol. The number of carbonyl (C=O) groups is 1. The maximum Gasteiger partial charge on any atom is 0.236 e. The van der Waals surface area contributed by atoms with Gasteiger partial charge in [0.15, 0.2) is 5.13 Å². The topological polar surface area (TPSA) is 60.5 Å². The minimum absolute atomic E-state index is 0.0344. The lowest BCUT2D eigenvalue weighted by molar-refractivity contribution is -0.151. The third-order valence-electron chi connectivity index (χ3n) is 3.28. The van der Waals surface area contributed by atoms with Crippen molar-refractivity contribution in [1.82, 2.24) is 4.98 Å². The molecular formula is C14H16N2O3S. The summed E-state index contributed by atoms with van der Waals surface area (Å²) in [6.07, 6.45) is 0. The van der Waals surface area contributed by atoms with Crippen LogP contribution in [0.5, 0.6) is 5.75 Å². The lowest BCUT2D eigenvalue weighted by atomic mass is 9.88. The number of thiazole rings is 1. The number of amides is 1. The normalized spacial score (nSPS) is 16.7. The Balaban J connectivity index is 1.80. The zero-order chi connectivity index (χ0) is 14.2. The lowest BCUT2D eigenvalue weighted by Crippen LogP contribution is -2.49. The van der Waals surface area contributed by atoms with Gasteiger partial charge >= 0.3 is 0 Å². The molecule has 1 saturated heterocycles. The molecule has 6 heteroatoms. The van der Waals surface area contributed by atoms with E-state index in [1.165, 1.54) is 11.3 Å². The van der Waals surface area contributed by atoms with Crippen molar-refractivity contribution in [3.05, 3.63) is 18.2 Å². The molecule has 3 rings (SSSR count). The second-order valence-corrected chi connectivity index (χ2v) is 6.12. The van der Waals surface area contributed by atoms with E-state index in [9.17, 15) is 4.79 Å². The number of anilines is 1. The van der Waals surface area contributed by atoms with Crippen molar-refractivity contribution < 1.29 is 14.3 Å². The molecule has 20 heavy (non-hydrogen) atoms. The van der Waals surface area contributed by atoms with Gasteiger partial charge in [0.05, 0.1) is 35.5 Å². The number of nitrogens with zero attached hydrogens (tertiary/aromatic N) is 1. The van der Waals surface area contributed by atoms with Gasteiger partial charge in [0, 0.05) is 0 Å². The average Bonchev–Trinajstić information content (AvgIpc) is 2.77. The highest BCUT2D eigenvalue weighted by Crippen LogP contribution is 2.32. The van der Waals surface area contributed by atoms with Crippen LogP contribution in [-0.2, 0) is 9.53 Å². The largest absolute Gasteiger partial charge is 0.494 e. The Morgan fingerprint density at radius 3 is 3.00 bits per heavy atom. The predicted octanol–water partition coefficient (Wildman–Crippen LogP) is 2.67. The van der Waals surface area contributed by atoms with Crippen molar-refractivity contribution in [1.29, 1.82) is 0 Å². The number of rotatable bonds is 4. The standard InChI is InChI=1S/C14H16N2O3S/c1-3-19-9-4-5-10-11(6-9)20-13(15-10)16-12(17)14(2)7-18-8-14/h4-6H,3,7-8H2,1-2H3,(H,15,16,17). The molecule has 1 aromatic heterocycles. The first-order valence-corrected chi connectivity index (χ1v) is 7.35. The summed E-state index contributed by atoms with van der Waals surface area (Å²) in [4.78, 5) is 16.5. The molecule has 0 atom stereocenters. The first kappa shape index (κ1) is 13.3. The maximum atomic E-state index is 12.1. The van der Waals surface area contributed by atoms with Crippen LogP contribution in [0.4, 0.5) is 5.13 Å². The smallest absolute Gasteiger partial charge is 0.236 e. The fourth-order valence-electron chi connectivity index (χ4n) is 2.00. The molecule has 2 aromatic rings. The van der Waals surface area contributed by atoms with E-state index in [1.807, 2.05) is 32.0 Å². The molecule has 0 saturated carbocycles. The minimum Gasteiger partial charge on any atom is -0.494 e. The highest BCUT2D eigenvalue weighted by Gasteiger charge is 2.41. The molecule has 1 fully saturated rings. The zero-order valence-electron chi connectivity index (χ0n) is 11.4. The van der Waals surface area contributed by atoms with Crippen LogP contribution in [-0.4, -0.2) is 30.7 Å². The Labute approximate surface area is 120 Å². The summed E-state index contributed by atoms with van der Waals surface area (Å²) in [6.45, 7) is 5.42. The lowest BCUT2D eigenvalue weighted by Gasteiger charge is -2.35. The number of hydrogen-bond acceptors (Lipinski definition) is 5. The quantitative estimate of drug-likeness (QED) is 0.941. The predicted molar refractivity (Wildman–Crippen MR) is 78.3 cm³/mol. The Kier molecular flexibility index (Phi) is 3.35. The van der Waals surface area contributed by atoms with E-state index in [0.717, 1.165) is 16.0 Å². The van der Waals surface area contributed by atoms with E-state index in [4.69, 9.17) is 9.47 Å². The van der Waals surface area contributed by atoms with Crippen LogP contribution in [0, 0.1) is 5.41 Å². The fourth-order valence-corrected chi connectivity index (χ4v) is 2.89. The van der Waals surface area contributed by atoms with Crippen LogP contribution >= 0.6 is 11.3 Å². The van der Waals surface area contributed by atoms with Crippen LogP contribution in [0.15, 0.2) is 18.2 Å². The van der Waals surface area contributed by atoms with E-state index in [0.29, 0.717) is 25.0 Å². The Hall–Kier alpha value is -1.66. The zero-order valence-corrected chi connectivity index (χ0v) is 12.3. The number of hydrogen-bond donors (Lipinski definition) is 1. The van der Waals surface area contributed by atoms with E-state index in [2.05, 4.69) is 10.3 Å². The third-order valence-corrected chi connectivity index (χ3v) is 4.21. The van der Waals surface area contributed by atoms with Crippen LogP contribution < -0.4 is 10.1 Å². The molecule has 2 heterocycles. The van der Waals surface area contributed by atoms with E-state index in [-0.39, 0.29) is 5.91 Å². The molecule has 5 nitrogen and oxygen atoms in total. The summed E-state index contributed by atoms with van der Waals surface area (Å²) >= 11 is 1.45. The fraction of sp³-hybridized carbons (Fsp3) is 0.429. The molecule has 0 spiro atoms.